The number of hydrogen-bond acceptors (Lipinski definition) is 4. The van der Waals surface area contributed by atoms with E-state index < -0.39 is 10.0 Å². The number of hydrogen-bond donors (Lipinski definition) is 3. The van der Waals surface area contributed by atoms with Gasteiger partial charge in [0.2, 0.25) is 15.9 Å². The summed E-state index contributed by atoms with van der Waals surface area (Å²) < 4.78 is 26.7. The van der Waals surface area contributed by atoms with Crippen LogP contribution in [0.3, 0.4) is 0 Å². The van der Waals surface area contributed by atoms with Crippen LogP contribution in [0.2, 0.25) is 5.02 Å². The van der Waals surface area contributed by atoms with Crippen molar-refractivity contribution in [2.45, 2.75) is 18.7 Å². The second-order valence-electron chi connectivity index (χ2n) is 6.33. The smallest absolute Gasteiger partial charge is 0.251 e. The largest absolute Gasteiger partial charge is 0.351 e. The fourth-order valence-electron chi connectivity index (χ4n) is 2.17. The zero-order valence-corrected chi connectivity index (χ0v) is 17.1. The topological polar surface area (TPSA) is 104 Å². The van der Waals surface area contributed by atoms with Crippen LogP contribution in [0.5, 0.6) is 0 Å². The van der Waals surface area contributed by atoms with Gasteiger partial charge in [-0.15, -0.1) is 0 Å². The average Bonchev–Trinajstić information content (AvgIpc) is 2.65. The number of halogens is 1. The van der Waals surface area contributed by atoms with E-state index >= 15 is 0 Å². The predicted molar refractivity (Wildman–Crippen MR) is 109 cm³/mol. The first-order valence-corrected chi connectivity index (χ1v) is 10.5. The Labute approximate surface area is 169 Å². The molecule has 0 spiro atoms. The lowest BCUT2D eigenvalue weighted by molar-refractivity contribution is -0.118. The Kier molecular flexibility index (Phi) is 7.56. The van der Waals surface area contributed by atoms with Crippen molar-refractivity contribution in [2.75, 3.05) is 18.4 Å². The minimum atomic E-state index is -3.70. The highest BCUT2D eigenvalue weighted by Gasteiger charge is 2.14. The Morgan fingerprint density at radius 1 is 1.04 bits per heavy atom. The van der Waals surface area contributed by atoms with E-state index in [-0.39, 0.29) is 35.7 Å². The Morgan fingerprint density at radius 2 is 1.71 bits per heavy atom. The molecular weight excluding hydrogens is 402 g/mol. The monoisotopic (exact) mass is 423 g/mol. The van der Waals surface area contributed by atoms with Crippen LogP contribution in [-0.2, 0) is 14.8 Å². The first-order valence-electron chi connectivity index (χ1n) is 8.63. The van der Waals surface area contributed by atoms with Gasteiger partial charge in [0.05, 0.1) is 4.90 Å². The maximum absolute atomic E-state index is 12.2. The number of benzene rings is 2. The van der Waals surface area contributed by atoms with Gasteiger partial charge in [-0.05, 0) is 42.5 Å². The number of carbonyl (C=O) groups is 2. The molecule has 28 heavy (non-hydrogen) atoms. The summed E-state index contributed by atoms with van der Waals surface area (Å²) in [7, 11) is -3.70. The zero-order chi connectivity index (χ0) is 20.7. The zero-order valence-electron chi connectivity index (χ0n) is 15.5. The van der Waals surface area contributed by atoms with Gasteiger partial charge in [-0.25, -0.2) is 13.1 Å². The third kappa shape index (κ3) is 6.33. The molecule has 0 saturated carbocycles. The van der Waals surface area contributed by atoms with Gasteiger partial charge in [0.1, 0.15) is 0 Å². The molecule has 0 aliphatic rings. The molecule has 3 N–H and O–H groups in total. The Balaban J connectivity index is 1.83. The first-order chi connectivity index (χ1) is 13.2. The third-order valence-electron chi connectivity index (χ3n) is 3.75. The van der Waals surface area contributed by atoms with E-state index in [1.54, 1.807) is 50.2 Å². The van der Waals surface area contributed by atoms with Gasteiger partial charge >= 0.3 is 0 Å². The Morgan fingerprint density at radius 3 is 2.32 bits per heavy atom. The van der Waals surface area contributed by atoms with E-state index in [2.05, 4.69) is 15.4 Å². The van der Waals surface area contributed by atoms with Gasteiger partial charge in [0.15, 0.2) is 0 Å². The highest BCUT2D eigenvalue weighted by Crippen LogP contribution is 2.15. The average molecular weight is 424 g/mol. The summed E-state index contributed by atoms with van der Waals surface area (Å²) >= 11 is 5.80. The van der Waals surface area contributed by atoms with Crippen molar-refractivity contribution >= 4 is 39.1 Å². The molecule has 2 rings (SSSR count). The van der Waals surface area contributed by atoms with Gasteiger partial charge < -0.3 is 10.6 Å². The van der Waals surface area contributed by atoms with Crippen LogP contribution in [0.1, 0.15) is 24.2 Å². The lowest BCUT2D eigenvalue weighted by atomic mass is 10.1. The molecule has 0 aliphatic heterocycles. The second-order valence-corrected chi connectivity index (χ2v) is 8.54. The molecule has 9 heteroatoms. The first kappa shape index (κ1) is 21.9. The van der Waals surface area contributed by atoms with E-state index in [1.807, 2.05) is 0 Å². The molecule has 0 fully saturated rings. The van der Waals surface area contributed by atoms with E-state index in [4.69, 9.17) is 11.6 Å². The highest BCUT2D eigenvalue weighted by atomic mass is 35.5. The van der Waals surface area contributed by atoms with Crippen LogP contribution >= 0.6 is 11.6 Å². The van der Waals surface area contributed by atoms with E-state index in [0.29, 0.717) is 16.3 Å². The summed E-state index contributed by atoms with van der Waals surface area (Å²) in [4.78, 5) is 23.8. The van der Waals surface area contributed by atoms with Crippen LogP contribution in [0.4, 0.5) is 5.69 Å². The third-order valence-corrected chi connectivity index (χ3v) is 5.44. The molecule has 0 bridgehead atoms. The van der Waals surface area contributed by atoms with Crippen LogP contribution in [0.25, 0.3) is 0 Å². The fourth-order valence-corrected chi connectivity index (χ4v) is 3.50. The molecular formula is C19H22ClN3O4S. The van der Waals surface area contributed by atoms with Gasteiger partial charge in [-0.1, -0.05) is 31.5 Å². The lowest BCUT2D eigenvalue weighted by Gasteiger charge is -2.10. The van der Waals surface area contributed by atoms with Crippen molar-refractivity contribution in [3.05, 3.63) is 59.1 Å². The highest BCUT2D eigenvalue weighted by molar-refractivity contribution is 7.89. The molecule has 0 unspecified atom stereocenters. The fraction of sp³-hybridized carbons (Fsp3) is 0.263. The lowest BCUT2D eigenvalue weighted by Crippen LogP contribution is -2.34. The minimum Gasteiger partial charge on any atom is -0.351 e. The number of sulfonamides is 1. The van der Waals surface area contributed by atoms with Crippen molar-refractivity contribution in [1.82, 2.24) is 10.0 Å². The molecule has 0 saturated heterocycles. The minimum absolute atomic E-state index is 0.0309. The van der Waals surface area contributed by atoms with Gasteiger partial charge in [-0.3, -0.25) is 9.59 Å². The van der Waals surface area contributed by atoms with Gasteiger partial charge in [0, 0.05) is 35.3 Å². The molecule has 0 radical (unpaired) electrons. The van der Waals surface area contributed by atoms with E-state index in [0.717, 1.165) is 0 Å². The molecule has 2 amide bonds. The summed E-state index contributed by atoms with van der Waals surface area (Å²) in [6.45, 7) is 3.73. The van der Waals surface area contributed by atoms with Crippen molar-refractivity contribution < 1.29 is 18.0 Å². The van der Waals surface area contributed by atoms with Gasteiger partial charge in [0.25, 0.3) is 5.91 Å². The molecule has 0 heterocycles. The Bertz CT molecular complexity index is 944. The number of carbonyl (C=O) groups excluding carboxylic acids is 2. The second kappa shape index (κ2) is 9.68. The molecule has 0 aliphatic carbocycles. The summed E-state index contributed by atoms with van der Waals surface area (Å²) in [5, 5.41) is 5.70. The summed E-state index contributed by atoms with van der Waals surface area (Å²) in [5.74, 6) is -0.591. The predicted octanol–water partition coefficient (Wildman–Crippen LogP) is 2.64. The van der Waals surface area contributed by atoms with Crippen LogP contribution in [-0.4, -0.2) is 33.3 Å². The quantitative estimate of drug-likeness (QED) is 0.567. The maximum Gasteiger partial charge on any atom is 0.251 e. The molecule has 2 aromatic rings. The van der Waals surface area contributed by atoms with E-state index in [1.165, 1.54) is 12.1 Å². The normalized spacial score (nSPS) is 11.3. The Hall–Kier alpha value is -2.42. The molecule has 0 atom stereocenters. The van der Waals surface area contributed by atoms with Crippen LogP contribution < -0.4 is 15.4 Å². The van der Waals surface area contributed by atoms with E-state index in [9.17, 15) is 18.0 Å². The number of rotatable bonds is 8. The van der Waals surface area contributed by atoms with Crippen LogP contribution in [0.15, 0.2) is 53.4 Å². The van der Waals surface area contributed by atoms with Crippen molar-refractivity contribution in [1.29, 1.82) is 0 Å². The molecule has 7 nitrogen and oxygen atoms in total. The number of nitrogens with one attached hydrogen (secondary N) is 3. The van der Waals surface area contributed by atoms with Gasteiger partial charge in [-0.2, -0.15) is 0 Å². The summed E-state index contributed by atoms with van der Waals surface area (Å²) in [6.07, 6.45) is 0. The molecule has 0 aromatic heterocycles. The van der Waals surface area contributed by atoms with Crippen molar-refractivity contribution in [3.63, 3.8) is 0 Å². The number of anilines is 1. The molecule has 2 aromatic carbocycles. The SMILES string of the molecule is CC(C)C(=O)Nc1ccc(C(=O)NCCNS(=O)(=O)c2cccc(Cl)c2)cc1. The summed E-state index contributed by atoms with van der Waals surface area (Å²) in [6, 6.07) is 12.4. The summed E-state index contributed by atoms with van der Waals surface area (Å²) in [5.41, 5.74) is 1.00. The maximum atomic E-state index is 12.2. The number of amides is 2. The van der Waals surface area contributed by atoms with Crippen LogP contribution in [0, 0.1) is 5.92 Å². The standard InChI is InChI=1S/C19H22ClN3O4S/c1-13(2)18(24)23-16-8-6-14(7-9-16)19(25)21-10-11-22-28(26,27)17-5-3-4-15(20)12-17/h3-9,12-13,22H,10-11H2,1-2H3,(H,21,25)(H,23,24). The van der Waals surface area contributed by atoms with Crippen molar-refractivity contribution in [3.8, 4) is 0 Å². The molecule has 150 valence electrons. The van der Waals surface area contributed by atoms with Crippen molar-refractivity contribution in [2.24, 2.45) is 5.92 Å².